The number of rotatable bonds is 4. The van der Waals surface area contributed by atoms with Gasteiger partial charge in [-0.15, -0.1) is 0 Å². The van der Waals surface area contributed by atoms with Crippen molar-refractivity contribution in [2.75, 3.05) is 25.0 Å². The van der Waals surface area contributed by atoms with Crippen molar-refractivity contribution < 1.29 is 14.3 Å². The van der Waals surface area contributed by atoms with Crippen molar-refractivity contribution in [3.05, 3.63) is 28.2 Å². The van der Waals surface area contributed by atoms with Gasteiger partial charge in [-0.2, -0.15) is 0 Å². The van der Waals surface area contributed by atoms with Crippen LogP contribution in [-0.2, 0) is 9.53 Å². The fourth-order valence-corrected chi connectivity index (χ4v) is 3.03. The average molecular weight is 402 g/mol. The number of halogens is 2. The average Bonchev–Trinajstić information content (AvgIpc) is 2.51. The molecular weight excluding hydrogens is 377 g/mol. The molecular formula is C18H25Cl2N3O3. The molecule has 6 nitrogen and oxygen atoms in total. The molecule has 1 aliphatic rings. The number of hydrogen-bond donors (Lipinski definition) is 2. The van der Waals surface area contributed by atoms with Crippen LogP contribution in [0.5, 0.6) is 0 Å². The zero-order chi connectivity index (χ0) is 19.3. The smallest absolute Gasteiger partial charge is 0.407 e. The largest absolute Gasteiger partial charge is 0.444 e. The molecule has 26 heavy (non-hydrogen) atoms. The molecule has 0 spiro atoms. The Kier molecular flexibility index (Phi) is 7.15. The minimum atomic E-state index is -0.509. The van der Waals surface area contributed by atoms with Crippen LogP contribution in [0.25, 0.3) is 0 Å². The quantitative estimate of drug-likeness (QED) is 0.801. The lowest BCUT2D eigenvalue weighted by Crippen LogP contribution is -2.47. The van der Waals surface area contributed by atoms with Crippen LogP contribution in [0, 0.1) is 0 Å². The molecule has 0 bridgehead atoms. The van der Waals surface area contributed by atoms with Gasteiger partial charge in [0.05, 0.1) is 17.3 Å². The fourth-order valence-electron chi connectivity index (χ4n) is 2.70. The number of amides is 2. The number of likely N-dealkylation sites (tertiary alicyclic amines) is 1. The van der Waals surface area contributed by atoms with Gasteiger partial charge in [0.2, 0.25) is 5.91 Å². The molecule has 8 heteroatoms. The molecule has 0 unspecified atom stereocenters. The molecule has 1 heterocycles. The van der Waals surface area contributed by atoms with E-state index in [1.165, 1.54) is 0 Å². The van der Waals surface area contributed by atoms with E-state index in [-0.39, 0.29) is 18.5 Å². The van der Waals surface area contributed by atoms with E-state index in [0.717, 1.165) is 25.9 Å². The number of carbonyl (C=O) groups is 2. The Morgan fingerprint density at radius 2 is 1.88 bits per heavy atom. The zero-order valence-corrected chi connectivity index (χ0v) is 16.8. The maximum Gasteiger partial charge on any atom is 0.407 e. The molecule has 0 aromatic heterocycles. The van der Waals surface area contributed by atoms with E-state index in [4.69, 9.17) is 27.9 Å². The van der Waals surface area contributed by atoms with E-state index in [1.807, 2.05) is 25.7 Å². The Hall–Kier alpha value is -1.50. The first kappa shape index (κ1) is 20.8. The lowest BCUT2D eigenvalue weighted by molar-refractivity contribution is -0.117. The van der Waals surface area contributed by atoms with Crippen molar-refractivity contribution in [3.8, 4) is 0 Å². The second kappa shape index (κ2) is 8.93. The van der Waals surface area contributed by atoms with Gasteiger partial charge in [0.15, 0.2) is 0 Å². The van der Waals surface area contributed by atoms with Crippen LogP contribution in [0.4, 0.5) is 10.5 Å². The van der Waals surface area contributed by atoms with Gasteiger partial charge in [-0.25, -0.2) is 4.79 Å². The lowest BCUT2D eigenvalue weighted by atomic mass is 10.1. The summed E-state index contributed by atoms with van der Waals surface area (Å²) < 4.78 is 5.27. The summed E-state index contributed by atoms with van der Waals surface area (Å²) in [5.74, 6) is -0.146. The van der Waals surface area contributed by atoms with Gasteiger partial charge in [-0.3, -0.25) is 9.69 Å². The monoisotopic (exact) mass is 401 g/mol. The normalized spacial score (nSPS) is 16.2. The van der Waals surface area contributed by atoms with Crippen LogP contribution in [0.3, 0.4) is 0 Å². The highest BCUT2D eigenvalue weighted by Crippen LogP contribution is 2.25. The van der Waals surface area contributed by atoms with Crippen molar-refractivity contribution >= 4 is 40.9 Å². The highest BCUT2D eigenvalue weighted by molar-refractivity contribution is 6.35. The van der Waals surface area contributed by atoms with Gasteiger partial charge in [-0.1, -0.05) is 23.2 Å². The van der Waals surface area contributed by atoms with E-state index < -0.39 is 11.7 Å². The van der Waals surface area contributed by atoms with Gasteiger partial charge >= 0.3 is 6.09 Å². The van der Waals surface area contributed by atoms with Crippen molar-refractivity contribution in [2.45, 2.75) is 45.3 Å². The number of benzene rings is 1. The van der Waals surface area contributed by atoms with Crippen LogP contribution >= 0.6 is 23.2 Å². The SMILES string of the molecule is CC(C)(C)OC(=O)NC1CCN(CC(=O)Nc2cc(Cl)ccc2Cl)CC1. The molecule has 1 aromatic carbocycles. The zero-order valence-electron chi connectivity index (χ0n) is 15.3. The summed E-state index contributed by atoms with van der Waals surface area (Å²) in [4.78, 5) is 26.1. The summed E-state index contributed by atoms with van der Waals surface area (Å²) in [5.41, 5.74) is -0.00421. The first-order valence-electron chi connectivity index (χ1n) is 8.59. The third kappa shape index (κ3) is 7.02. The Morgan fingerprint density at radius 3 is 2.50 bits per heavy atom. The van der Waals surface area contributed by atoms with E-state index in [2.05, 4.69) is 10.6 Å². The Bertz CT molecular complexity index is 654. The molecule has 0 atom stereocenters. The number of piperidine rings is 1. The third-order valence-corrected chi connectivity index (χ3v) is 4.44. The van der Waals surface area contributed by atoms with Crippen LogP contribution in [0.15, 0.2) is 18.2 Å². The third-order valence-electron chi connectivity index (χ3n) is 3.88. The molecule has 2 amide bonds. The number of ether oxygens (including phenoxy) is 1. The minimum absolute atomic E-state index is 0.0616. The molecule has 0 radical (unpaired) electrons. The predicted molar refractivity (Wildman–Crippen MR) is 104 cm³/mol. The number of hydrogen-bond acceptors (Lipinski definition) is 4. The summed E-state index contributed by atoms with van der Waals surface area (Å²) >= 11 is 12.0. The Morgan fingerprint density at radius 1 is 1.23 bits per heavy atom. The Balaban J connectivity index is 1.75. The predicted octanol–water partition coefficient (Wildman–Crippen LogP) is 3.92. The molecule has 1 saturated heterocycles. The van der Waals surface area contributed by atoms with Gasteiger partial charge in [0.25, 0.3) is 0 Å². The van der Waals surface area contributed by atoms with Crippen LogP contribution in [0.1, 0.15) is 33.6 Å². The summed E-state index contributed by atoms with van der Waals surface area (Å²) in [6.07, 6.45) is 1.14. The minimum Gasteiger partial charge on any atom is -0.444 e. The van der Waals surface area contributed by atoms with Gasteiger partial charge in [-0.05, 0) is 51.8 Å². The number of alkyl carbamates (subject to hydrolysis) is 1. The van der Waals surface area contributed by atoms with Crippen molar-refractivity contribution in [1.82, 2.24) is 10.2 Å². The standard InChI is InChI=1S/C18H25Cl2N3O3/c1-18(2,3)26-17(25)21-13-6-8-23(9-7-13)11-16(24)22-15-10-12(19)4-5-14(15)20/h4-5,10,13H,6-9,11H2,1-3H3,(H,21,25)(H,22,24). The topological polar surface area (TPSA) is 70.7 Å². The van der Waals surface area contributed by atoms with Crippen molar-refractivity contribution in [1.29, 1.82) is 0 Å². The van der Waals surface area contributed by atoms with Gasteiger partial charge in [0, 0.05) is 24.2 Å². The maximum atomic E-state index is 12.2. The van der Waals surface area contributed by atoms with Crippen molar-refractivity contribution in [3.63, 3.8) is 0 Å². The molecule has 0 saturated carbocycles. The number of anilines is 1. The number of carbonyl (C=O) groups excluding carboxylic acids is 2. The van der Waals surface area contributed by atoms with Gasteiger partial charge in [0.1, 0.15) is 5.60 Å². The highest BCUT2D eigenvalue weighted by Gasteiger charge is 2.24. The molecule has 1 fully saturated rings. The lowest BCUT2D eigenvalue weighted by Gasteiger charge is -2.32. The molecule has 1 aliphatic heterocycles. The molecule has 2 rings (SSSR count). The van der Waals surface area contributed by atoms with E-state index >= 15 is 0 Å². The van der Waals surface area contributed by atoms with Crippen LogP contribution < -0.4 is 10.6 Å². The molecule has 2 N–H and O–H groups in total. The Labute approximate surface area is 164 Å². The summed E-state index contributed by atoms with van der Waals surface area (Å²) in [7, 11) is 0. The summed E-state index contributed by atoms with van der Waals surface area (Å²) in [6.45, 7) is 7.20. The van der Waals surface area contributed by atoms with Gasteiger partial charge < -0.3 is 15.4 Å². The summed E-state index contributed by atoms with van der Waals surface area (Å²) in [6, 6.07) is 5.00. The van der Waals surface area contributed by atoms with E-state index in [9.17, 15) is 9.59 Å². The summed E-state index contributed by atoms with van der Waals surface area (Å²) in [5, 5.41) is 6.62. The second-order valence-electron chi connectivity index (χ2n) is 7.37. The van der Waals surface area contributed by atoms with Crippen LogP contribution in [0.2, 0.25) is 10.0 Å². The first-order chi connectivity index (χ1) is 12.1. The molecule has 1 aromatic rings. The second-order valence-corrected chi connectivity index (χ2v) is 8.21. The maximum absolute atomic E-state index is 12.2. The highest BCUT2D eigenvalue weighted by atomic mass is 35.5. The van der Waals surface area contributed by atoms with E-state index in [0.29, 0.717) is 15.7 Å². The number of nitrogens with zero attached hydrogens (tertiary/aromatic N) is 1. The number of nitrogens with one attached hydrogen (secondary N) is 2. The fraction of sp³-hybridized carbons (Fsp3) is 0.556. The first-order valence-corrected chi connectivity index (χ1v) is 9.35. The molecule has 144 valence electrons. The van der Waals surface area contributed by atoms with E-state index in [1.54, 1.807) is 18.2 Å². The van der Waals surface area contributed by atoms with Crippen molar-refractivity contribution in [2.24, 2.45) is 0 Å². The molecule has 0 aliphatic carbocycles. The van der Waals surface area contributed by atoms with Crippen LogP contribution in [-0.4, -0.2) is 48.2 Å².